The Hall–Kier alpha value is -4.86. The van der Waals surface area contributed by atoms with Gasteiger partial charge in [-0.05, 0) is 142 Å². The Morgan fingerprint density at radius 2 is 1.84 bits per heavy atom. The third-order valence-electron chi connectivity index (χ3n) is 12.1. The fourth-order valence-corrected chi connectivity index (χ4v) is 9.07. The largest absolute Gasteiger partial charge is 0.493 e. The standard InChI is InChI=1S/C48H53ClN4O4/c1-32-39(10-8-13-44(32)55-21-9-20-53-19-6-5-18-48(53,2)3)40-11-7-12-42-41(40)16-17-45(42)57-47-27-46(56-31-35-22-34(28-50)23-37(24-35)51-4)36(26-43(47)49)30-52-29-33-14-15-38(54)25-33/h7-8,10-13,22-24,26-27,33,45,52H,5-6,9,14-21,25,29-31H2,1-3H3/t33-,45-/m0/s1. The summed E-state index contributed by atoms with van der Waals surface area (Å²) in [6.07, 6.45) is 8.52. The molecule has 0 aromatic heterocycles. The molecule has 296 valence electrons. The lowest BCUT2D eigenvalue weighted by Crippen LogP contribution is -2.47. The summed E-state index contributed by atoms with van der Waals surface area (Å²) < 4.78 is 19.6. The van der Waals surface area contributed by atoms with Crippen molar-refractivity contribution in [2.45, 2.75) is 103 Å². The number of piperidine rings is 1. The van der Waals surface area contributed by atoms with Gasteiger partial charge in [0, 0.05) is 48.7 Å². The third-order valence-corrected chi connectivity index (χ3v) is 12.3. The van der Waals surface area contributed by atoms with Gasteiger partial charge in [0.05, 0.1) is 24.3 Å². The third kappa shape index (κ3) is 9.65. The molecule has 1 saturated carbocycles. The Kier molecular flexibility index (Phi) is 12.9. The maximum atomic E-state index is 11.9. The van der Waals surface area contributed by atoms with Crippen molar-refractivity contribution >= 4 is 23.1 Å². The van der Waals surface area contributed by atoms with Crippen molar-refractivity contribution in [3.05, 3.63) is 117 Å². The molecule has 4 aromatic carbocycles. The van der Waals surface area contributed by atoms with Crippen LogP contribution in [0.4, 0.5) is 5.69 Å². The molecule has 0 amide bonds. The highest BCUT2D eigenvalue weighted by molar-refractivity contribution is 6.32. The second kappa shape index (κ2) is 18.2. The number of rotatable bonds is 15. The van der Waals surface area contributed by atoms with Crippen LogP contribution in [0, 0.1) is 30.7 Å². The number of ether oxygens (including phenoxy) is 3. The second-order valence-corrected chi connectivity index (χ2v) is 16.9. The van der Waals surface area contributed by atoms with Gasteiger partial charge in [-0.3, -0.25) is 9.69 Å². The number of likely N-dealkylation sites (tertiary alicyclic amines) is 1. The van der Waals surface area contributed by atoms with Crippen LogP contribution in [0.1, 0.15) is 105 Å². The van der Waals surface area contributed by atoms with Crippen molar-refractivity contribution in [2.24, 2.45) is 5.92 Å². The van der Waals surface area contributed by atoms with Crippen molar-refractivity contribution in [3.8, 4) is 34.4 Å². The maximum absolute atomic E-state index is 11.9. The summed E-state index contributed by atoms with van der Waals surface area (Å²) >= 11 is 6.96. The zero-order chi connectivity index (χ0) is 39.9. The van der Waals surface area contributed by atoms with Crippen LogP contribution in [-0.4, -0.2) is 42.5 Å². The zero-order valence-electron chi connectivity index (χ0n) is 33.5. The van der Waals surface area contributed by atoms with E-state index in [1.165, 1.54) is 42.5 Å². The molecule has 0 bridgehead atoms. The molecule has 0 unspecified atom stereocenters. The van der Waals surface area contributed by atoms with Gasteiger partial charge in [0.25, 0.3) is 0 Å². The monoisotopic (exact) mass is 784 g/mol. The summed E-state index contributed by atoms with van der Waals surface area (Å²) in [5.41, 5.74) is 8.61. The minimum atomic E-state index is -0.193. The molecule has 1 saturated heterocycles. The first kappa shape index (κ1) is 40.3. The van der Waals surface area contributed by atoms with Crippen molar-refractivity contribution in [3.63, 3.8) is 0 Å². The molecule has 1 aliphatic heterocycles. The van der Waals surface area contributed by atoms with E-state index in [1.54, 1.807) is 18.2 Å². The van der Waals surface area contributed by atoms with E-state index in [1.807, 2.05) is 12.1 Å². The van der Waals surface area contributed by atoms with Crippen LogP contribution in [0.25, 0.3) is 16.0 Å². The Labute approximate surface area is 342 Å². The average molecular weight is 785 g/mol. The molecular weight excluding hydrogens is 732 g/mol. The van der Waals surface area contributed by atoms with Crippen LogP contribution in [0.5, 0.6) is 17.2 Å². The number of hydrogen-bond donors (Lipinski definition) is 1. The van der Waals surface area contributed by atoms with Gasteiger partial charge in [-0.2, -0.15) is 5.26 Å². The summed E-state index contributed by atoms with van der Waals surface area (Å²) in [5, 5.41) is 13.5. The number of carbonyl (C=O) groups is 1. The summed E-state index contributed by atoms with van der Waals surface area (Å²) in [6.45, 7) is 18.7. The van der Waals surface area contributed by atoms with Gasteiger partial charge in [-0.15, -0.1) is 0 Å². The molecule has 7 rings (SSSR count). The summed E-state index contributed by atoms with van der Waals surface area (Å²) in [7, 11) is 0. The van der Waals surface area contributed by atoms with Crippen LogP contribution in [0.2, 0.25) is 5.02 Å². The highest BCUT2D eigenvalue weighted by atomic mass is 35.5. The molecule has 8 nitrogen and oxygen atoms in total. The number of fused-ring (bicyclic) bond motifs is 1. The minimum absolute atomic E-state index is 0.164. The molecule has 57 heavy (non-hydrogen) atoms. The van der Waals surface area contributed by atoms with Crippen LogP contribution in [0.3, 0.4) is 0 Å². The predicted octanol–water partition coefficient (Wildman–Crippen LogP) is 10.9. The van der Waals surface area contributed by atoms with Gasteiger partial charge in [0.15, 0.2) is 5.69 Å². The highest BCUT2D eigenvalue weighted by Gasteiger charge is 2.30. The molecule has 4 aromatic rings. The number of carbonyl (C=O) groups excluding carboxylic acids is 1. The van der Waals surface area contributed by atoms with E-state index < -0.39 is 0 Å². The first-order valence-electron chi connectivity index (χ1n) is 20.5. The average Bonchev–Trinajstić information content (AvgIpc) is 3.83. The van der Waals surface area contributed by atoms with Crippen LogP contribution in [-0.2, 0) is 24.4 Å². The SMILES string of the molecule is [C-]#[N+]c1cc(C#N)cc(COc2cc(O[C@H]3CCc4c(-c5cccc(OCCCN6CCCCC6(C)C)c5C)cccc43)c(Cl)cc2CNC[C@H]2CCC(=O)C2)c1. The Morgan fingerprint density at radius 3 is 2.63 bits per heavy atom. The molecule has 0 spiro atoms. The van der Waals surface area contributed by atoms with Crippen LogP contribution in [0.15, 0.2) is 66.7 Å². The molecule has 2 atom stereocenters. The second-order valence-electron chi connectivity index (χ2n) is 16.5. The minimum Gasteiger partial charge on any atom is -0.493 e. The van der Waals surface area contributed by atoms with Gasteiger partial charge < -0.3 is 19.5 Å². The number of Topliss-reactive ketones (excluding diaryl/α,β-unsaturated/α-hetero) is 1. The van der Waals surface area contributed by atoms with E-state index in [-0.39, 0.29) is 18.2 Å². The highest BCUT2D eigenvalue weighted by Crippen LogP contribution is 2.44. The lowest BCUT2D eigenvalue weighted by atomic mass is 9.90. The first-order chi connectivity index (χ1) is 27.6. The Balaban J connectivity index is 1.07. The lowest BCUT2D eigenvalue weighted by Gasteiger charge is -2.42. The van der Waals surface area contributed by atoms with Crippen LogP contribution < -0.4 is 19.5 Å². The number of ketones is 1. The topological polar surface area (TPSA) is 88.2 Å². The molecule has 1 heterocycles. The summed E-state index contributed by atoms with van der Waals surface area (Å²) in [4.78, 5) is 18.0. The molecule has 9 heteroatoms. The quantitative estimate of drug-likeness (QED) is 0.0948. The number of hydrogen-bond acceptors (Lipinski definition) is 7. The van der Waals surface area contributed by atoms with E-state index >= 15 is 0 Å². The molecule has 1 N–H and O–H groups in total. The molecule has 2 fully saturated rings. The van der Waals surface area contributed by atoms with Gasteiger partial charge in [0.2, 0.25) is 0 Å². The molecule has 2 aliphatic carbocycles. The van der Waals surface area contributed by atoms with Gasteiger partial charge in [0.1, 0.15) is 35.7 Å². The van der Waals surface area contributed by atoms with Gasteiger partial charge >= 0.3 is 0 Å². The number of halogens is 1. The Morgan fingerprint density at radius 1 is 1.00 bits per heavy atom. The van der Waals surface area contributed by atoms with Crippen molar-refractivity contribution in [1.82, 2.24) is 10.2 Å². The van der Waals surface area contributed by atoms with E-state index in [9.17, 15) is 10.1 Å². The predicted molar refractivity (Wildman–Crippen MR) is 225 cm³/mol. The van der Waals surface area contributed by atoms with Crippen LogP contribution >= 0.6 is 11.6 Å². The van der Waals surface area contributed by atoms with Gasteiger partial charge in [-0.1, -0.05) is 48.4 Å². The summed E-state index contributed by atoms with van der Waals surface area (Å²) in [5.74, 6) is 2.73. The van der Waals surface area contributed by atoms with Crippen molar-refractivity contribution in [1.29, 1.82) is 5.26 Å². The fourth-order valence-electron chi connectivity index (χ4n) is 8.84. The van der Waals surface area contributed by atoms with E-state index in [4.69, 9.17) is 32.4 Å². The maximum Gasteiger partial charge on any atom is 0.188 e. The van der Waals surface area contributed by atoms with Crippen molar-refractivity contribution in [2.75, 3.05) is 26.2 Å². The van der Waals surface area contributed by atoms with Gasteiger partial charge in [-0.25, -0.2) is 4.85 Å². The summed E-state index contributed by atoms with van der Waals surface area (Å²) in [6, 6.07) is 23.8. The first-order valence-corrected chi connectivity index (χ1v) is 20.8. The number of nitrogens with zero attached hydrogens (tertiary/aromatic N) is 3. The lowest BCUT2D eigenvalue weighted by molar-refractivity contribution is -0.117. The van der Waals surface area contributed by atoms with E-state index in [2.05, 4.69) is 78.3 Å². The zero-order valence-corrected chi connectivity index (χ0v) is 34.2. The Bertz CT molecular complexity index is 2150. The number of nitrogens with one attached hydrogen (secondary N) is 1. The van der Waals surface area contributed by atoms with E-state index in [0.717, 1.165) is 66.8 Å². The number of benzene rings is 4. The molecule has 3 aliphatic rings. The fraction of sp³-hybridized carbons (Fsp3) is 0.438. The van der Waals surface area contributed by atoms with E-state index in [0.29, 0.717) is 65.5 Å². The number of nitriles is 1. The normalized spacial score (nSPS) is 18.8. The van der Waals surface area contributed by atoms with Crippen molar-refractivity contribution < 1.29 is 19.0 Å². The molecular formula is C48H53ClN4O4. The smallest absolute Gasteiger partial charge is 0.188 e. The molecule has 0 radical (unpaired) electrons.